The number of carbonyl (C=O) groups excluding carboxylic acids is 6. The highest BCUT2D eigenvalue weighted by molar-refractivity contribution is 5.90. The van der Waals surface area contributed by atoms with Gasteiger partial charge in [0.2, 0.25) is 17.8 Å². The number of hydrogen-bond donors (Lipinski definition) is 0. The maximum atomic E-state index is 12.6. The molecule has 0 aliphatic heterocycles. The van der Waals surface area contributed by atoms with Crippen molar-refractivity contribution >= 4 is 54.0 Å². The van der Waals surface area contributed by atoms with Gasteiger partial charge in [-0.3, -0.25) is 0 Å². The molecule has 1 rings (SSSR count). The maximum absolute atomic E-state index is 12.6. The van der Waals surface area contributed by atoms with Gasteiger partial charge in [-0.25, -0.2) is 43.5 Å². The summed E-state index contributed by atoms with van der Waals surface area (Å²) < 4.78 is 29.8. The van der Waals surface area contributed by atoms with Crippen LogP contribution in [-0.4, -0.2) is 112 Å². The number of esters is 3. The highest BCUT2D eigenvalue weighted by Gasteiger charge is 2.26. The summed E-state index contributed by atoms with van der Waals surface area (Å²) in [6, 6.07) is 0. The van der Waals surface area contributed by atoms with Crippen LogP contribution in [0.5, 0.6) is 0 Å². The molecule has 0 fully saturated rings. The zero-order valence-electron chi connectivity index (χ0n) is 25.9. The first-order chi connectivity index (χ1) is 21.1. The fourth-order valence-electron chi connectivity index (χ4n) is 2.49. The van der Waals surface area contributed by atoms with Crippen LogP contribution in [0, 0.1) is 0 Å². The van der Waals surface area contributed by atoms with Crippen LogP contribution < -0.4 is 14.7 Å². The third-order valence-electron chi connectivity index (χ3n) is 4.99. The van der Waals surface area contributed by atoms with E-state index in [2.05, 4.69) is 34.7 Å². The lowest BCUT2D eigenvalue weighted by Gasteiger charge is -2.22. The fraction of sp³-hybridized carbons (Fsp3) is 0.444. The predicted octanol–water partition coefficient (Wildman–Crippen LogP) is 1.95. The molecule has 0 saturated heterocycles. The van der Waals surface area contributed by atoms with Crippen LogP contribution in [0.2, 0.25) is 0 Å². The summed E-state index contributed by atoms with van der Waals surface area (Å²) in [6.07, 6.45) is -2.96. The van der Waals surface area contributed by atoms with Gasteiger partial charge in [0.1, 0.15) is 39.6 Å². The van der Waals surface area contributed by atoms with Gasteiger partial charge in [0.15, 0.2) is 0 Å². The quantitative estimate of drug-likeness (QED) is 0.117. The van der Waals surface area contributed by atoms with Crippen molar-refractivity contribution in [2.45, 2.75) is 20.8 Å². The zero-order valence-corrected chi connectivity index (χ0v) is 25.9. The van der Waals surface area contributed by atoms with Crippen molar-refractivity contribution in [2.24, 2.45) is 0 Å². The standard InChI is InChI=1S/C27H36N6O12/c1-16(2)19(34)40-10-13-43-25(37)31(7)22-28-23(32(8)26(38)44-14-11-41-20(35)17(3)4)30-24(29-22)33(9)27(39)45-15-12-42-21(36)18(5)6/h1,3,5,10-15H2,2,4,6-9H3. The Morgan fingerprint density at radius 2 is 0.667 bits per heavy atom. The number of anilines is 3. The number of carbonyl (C=O) groups is 6. The molecular formula is C27H36N6O12. The number of nitrogens with zero attached hydrogens (tertiary/aromatic N) is 6. The molecule has 0 aromatic carbocycles. The van der Waals surface area contributed by atoms with Gasteiger partial charge in [-0.05, 0) is 20.8 Å². The minimum atomic E-state index is -0.987. The topological polar surface area (TPSA) is 206 Å². The molecule has 45 heavy (non-hydrogen) atoms. The Balaban J connectivity index is 3.11. The Morgan fingerprint density at radius 3 is 0.867 bits per heavy atom. The summed E-state index contributed by atoms with van der Waals surface area (Å²) in [6.45, 7) is 12.9. The highest BCUT2D eigenvalue weighted by Crippen LogP contribution is 2.19. The van der Waals surface area contributed by atoms with Gasteiger partial charge in [0.05, 0.1) is 0 Å². The Kier molecular flexibility index (Phi) is 15.1. The van der Waals surface area contributed by atoms with E-state index in [0.29, 0.717) is 0 Å². The van der Waals surface area contributed by atoms with Gasteiger partial charge < -0.3 is 28.4 Å². The monoisotopic (exact) mass is 636 g/mol. The molecule has 0 bridgehead atoms. The van der Waals surface area contributed by atoms with Crippen molar-refractivity contribution in [3.8, 4) is 0 Å². The molecule has 246 valence electrons. The van der Waals surface area contributed by atoms with Crippen molar-refractivity contribution in [1.82, 2.24) is 15.0 Å². The van der Waals surface area contributed by atoms with E-state index in [1.807, 2.05) is 0 Å². The number of ether oxygens (including phenoxy) is 6. The second-order valence-corrected chi connectivity index (χ2v) is 9.00. The molecule has 0 saturated carbocycles. The number of aromatic nitrogens is 3. The van der Waals surface area contributed by atoms with E-state index in [-0.39, 0.29) is 74.2 Å². The third-order valence-corrected chi connectivity index (χ3v) is 4.99. The van der Waals surface area contributed by atoms with E-state index in [1.165, 1.54) is 41.9 Å². The van der Waals surface area contributed by atoms with E-state index in [4.69, 9.17) is 28.4 Å². The van der Waals surface area contributed by atoms with Gasteiger partial charge in [0.25, 0.3) is 0 Å². The third kappa shape index (κ3) is 12.7. The normalized spacial score (nSPS) is 10.0. The van der Waals surface area contributed by atoms with E-state index in [9.17, 15) is 28.8 Å². The van der Waals surface area contributed by atoms with Crippen LogP contribution in [0.15, 0.2) is 36.5 Å². The highest BCUT2D eigenvalue weighted by atomic mass is 16.6. The average molecular weight is 637 g/mol. The van der Waals surface area contributed by atoms with Crippen molar-refractivity contribution in [1.29, 1.82) is 0 Å². The summed E-state index contributed by atoms with van der Waals surface area (Å²) in [5, 5.41) is 0. The molecule has 18 heteroatoms. The van der Waals surface area contributed by atoms with Crippen LogP contribution in [0.25, 0.3) is 0 Å². The molecule has 0 N–H and O–H groups in total. The summed E-state index contributed by atoms with van der Waals surface area (Å²) in [5.74, 6) is -3.12. The van der Waals surface area contributed by atoms with Crippen molar-refractivity contribution < 1.29 is 57.2 Å². The lowest BCUT2D eigenvalue weighted by molar-refractivity contribution is -0.140. The van der Waals surface area contributed by atoms with Gasteiger partial charge in [0, 0.05) is 37.9 Å². The lowest BCUT2D eigenvalue weighted by Crippen LogP contribution is -2.35. The first kappa shape index (κ1) is 37.5. The van der Waals surface area contributed by atoms with Crippen molar-refractivity contribution in [3.05, 3.63) is 36.5 Å². The SMILES string of the molecule is C=C(C)C(=O)OCCOC(=O)N(C)c1nc(N(C)C(=O)OCCOC(=O)C(=C)C)nc(N(C)C(=O)OCCOC(=O)C(=C)C)n1. The molecule has 0 unspecified atom stereocenters. The van der Waals surface area contributed by atoms with Crippen LogP contribution in [0.4, 0.5) is 32.2 Å². The minimum absolute atomic E-state index is 0.162. The first-order valence-electron chi connectivity index (χ1n) is 13.0. The summed E-state index contributed by atoms with van der Waals surface area (Å²) in [7, 11) is 3.69. The predicted molar refractivity (Wildman–Crippen MR) is 156 cm³/mol. The second-order valence-electron chi connectivity index (χ2n) is 9.00. The molecule has 18 nitrogen and oxygen atoms in total. The van der Waals surface area contributed by atoms with Crippen LogP contribution in [-0.2, 0) is 42.8 Å². The van der Waals surface area contributed by atoms with Crippen molar-refractivity contribution in [3.63, 3.8) is 0 Å². The second kappa shape index (κ2) is 18.2. The number of amides is 3. The average Bonchev–Trinajstić information content (AvgIpc) is 3.00. The van der Waals surface area contributed by atoms with E-state index >= 15 is 0 Å². The Labute approximate surface area is 259 Å². The van der Waals surface area contributed by atoms with Crippen LogP contribution >= 0.6 is 0 Å². The van der Waals surface area contributed by atoms with Gasteiger partial charge in [-0.1, -0.05) is 19.7 Å². The molecule has 0 radical (unpaired) electrons. The van der Waals surface area contributed by atoms with Crippen molar-refractivity contribution in [2.75, 3.05) is 75.5 Å². The molecule has 0 atom stereocenters. The fourth-order valence-corrected chi connectivity index (χ4v) is 2.49. The maximum Gasteiger partial charge on any atom is 0.416 e. The lowest BCUT2D eigenvalue weighted by atomic mass is 10.4. The minimum Gasteiger partial charge on any atom is -0.459 e. The smallest absolute Gasteiger partial charge is 0.416 e. The zero-order chi connectivity index (χ0) is 34.3. The van der Waals surface area contributed by atoms with Crippen LogP contribution in [0.3, 0.4) is 0 Å². The largest absolute Gasteiger partial charge is 0.459 e. The number of hydrogen-bond acceptors (Lipinski definition) is 15. The molecule has 0 aliphatic carbocycles. The summed E-state index contributed by atoms with van der Waals surface area (Å²) in [4.78, 5) is 87.2. The molecule has 1 heterocycles. The molecule has 1 aromatic heterocycles. The molecule has 0 spiro atoms. The molecule has 3 amide bonds. The van der Waals surface area contributed by atoms with Gasteiger partial charge in [-0.15, -0.1) is 0 Å². The van der Waals surface area contributed by atoms with Gasteiger partial charge >= 0.3 is 36.2 Å². The Hall–Kier alpha value is -5.55. The summed E-state index contributed by atoms with van der Waals surface area (Å²) >= 11 is 0. The van der Waals surface area contributed by atoms with E-state index < -0.39 is 36.2 Å². The van der Waals surface area contributed by atoms with E-state index in [0.717, 1.165) is 14.7 Å². The summed E-state index contributed by atoms with van der Waals surface area (Å²) in [5.41, 5.74) is 0.485. The van der Waals surface area contributed by atoms with Gasteiger partial charge in [-0.2, -0.15) is 15.0 Å². The first-order valence-corrected chi connectivity index (χ1v) is 13.0. The van der Waals surface area contributed by atoms with E-state index in [1.54, 1.807) is 0 Å². The van der Waals surface area contributed by atoms with Crippen LogP contribution in [0.1, 0.15) is 20.8 Å². The Morgan fingerprint density at radius 1 is 0.467 bits per heavy atom. The molecular weight excluding hydrogens is 600 g/mol. The Bertz CT molecular complexity index is 1160. The molecule has 1 aromatic rings. The molecule has 0 aliphatic rings. The number of rotatable bonds is 15.